The summed E-state index contributed by atoms with van der Waals surface area (Å²) in [6, 6.07) is 6.46. The Kier molecular flexibility index (Phi) is 3.81. The van der Waals surface area contributed by atoms with E-state index in [-0.39, 0.29) is 0 Å². The molecule has 0 spiro atoms. The van der Waals surface area contributed by atoms with Gasteiger partial charge in [0.05, 0.1) is 14.3 Å². The minimum absolute atomic E-state index is 0.571. The lowest BCUT2D eigenvalue weighted by atomic mass is 10.1. The van der Waals surface area contributed by atoms with Crippen molar-refractivity contribution in [3.05, 3.63) is 23.8 Å². The largest absolute Gasteiger partial charge is 0.496 e. The molecule has 1 saturated carbocycles. The quantitative estimate of drug-likeness (QED) is 0.794. The lowest BCUT2D eigenvalue weighted by Crippen LogP contribution is -2.35. The van der Waals surface area contributed by atoms with Crippen LogP contribution in [0.1, 0.15) is 25.3 Å². The number of rotatable bonds is 4. The molecule has 0 atom stereocenters. The van der Waals surface area contributed by atoms with Crippen molar-refractivity contribution in [3.63, 3.8) is 0 Å². The number of benzene rings is 1. The number of ether oxygens (including phenoxy) is 1. The molecule has 3 rings (SSSR count). The number of aryl methyl sites for hydroxylation is 1. The highest BCUT2D eigenvalue weighted by molar-refractivity contribution is 7.65. The van der Waals surface area contributed by atoms with E-state index < -0.39 is 7.14 Å². The van der Waals surface area contributed by atoms with Gasteiger partial charge in [0.2, 0.25) is 0 Å². The monoisotopic (exact) mass is 293 g/mol. The standard InChI is InChI=1S/C16H24NO2P/c1-3-13-4-5-14(12-16(13)19-2)17-8-10-20(18,11-9-17)15-6-7-15/h4-5,12,15H,3,6-11H2,1-2H3. The van der Waals surface area contributed by atoms with Crippen LogP contribution < -0.4 is 9.64 Å². The topological polar surface area (TPSA) is 29.5 Å². The first-order valence-corrected chi connectivity index (χ1v) is 9.80. The van der Waals surface area contributed by atoms with E-state index in [0.717, 1.165) is 37.6 Å². The predicted octanol–water partition coefficient (Wildman–Crippen LogP) is 3.60. The number of methoxy groups -OCH3 is 1. The molecule has 1 aromatic rings. The summed E-state index contributed by atoms with van der Waals surface area (Å²) in [5.74, 6) is 0.973. The molecule has 3 nitrogen and oxygen atoms in total. The number of hydrogen-bond acceptors (Lipinski definition) is 3. The molecule has 110 valence electrons. The predicted molar refractivity (Wildman–Crippen MR) is 84.9 cm³/mol. The molecular formula is C16H24NO2P. The van der Waals surface area contributed by atoms with Gasteiger partial charge in [0.15, 0.2) is 0 Å². The van der Waals surface area contributed by atoms with Crippen LogP contribution >= 0.6 is 7.14 Å². The zero-order valence-corrected chi connectivity index (χ0v) is 13.4. The van der Waals surface area contributed by atoms with Crippen molar-refractivity contribution in [2.24, 2.45) is 0 Å². The van der Waals surface area contributed by atoms with Crippen LogP contribution in [0.5, 0.6) is 5.75 Å². The van der Waals surface area contributed by atoms with Crippen LogP contribution in [0.4, 0.5) is 5.69 Å². The third kappa shape index (κ3) is 2.61. The van der Waals surface area contributed by atoms with Crippen molar-refractivity contribution in [2.75, 3.05) is 37.4 Å². The number of nitrogens with zero attached hydrogens (tertiary/aromatic N) is 1. The molecule has 4 heteroatoms. The van der Waals surface area contributed by atoms with E-state index in [1.165, 1.54) is 24.1 Å². The van der Waals surface area contributed by atoms with Crippen molar-refractivity contribution in [3.8, 4) is 5.75 Å². The highest BCUT2D eigenvalue weighted by Crippen LogP contribution is 2.61. The molecule has 1 saturated heterocycles. The molecule has 0 amide bonds. The van der Waals surface area contributed by atoms with Crippen LogP contribution in [-0.2, 0) is 11.0 Å². The summed E-state index contributed by atoms with van der Waals surface area (Å²) >= 11 is 0. The minimum Gasteiger partial charge on any atom is -0.496 e. The Morgan fingerprint density at radius 2 is 2.00 bits per heavy atom. The highest BCUT2D eigenvalue weighted by atomic mass is 31.2. The molecule has 0 bridgehead atoms. The van der Waals surface area contributed by atoms with Gasteiger partial charge in [0.25, 0.3) is 0 Å². The first-order valence-electron chi connectivity index (χ1n) is 7.66. The van der Waals surface area contributed by atoms with E-state index in [2.05, 4.69) is 30.0 Å². The molecule has 1 aromatic carbocycles. The summed E-state index contributed by atoms with van der Waals surface area (Å²) in [7, 11) is -0.107. The van der Waals surface area contributed by atoms with Crippen LogP contribution in [0.3, 0.4) is 0 Å². The molecule has 0 aromatic heterocycles. The van der Waals surface area contributed by atoms with Crippen LogP contribution in [0.15, 0.2) is 18.2 Å². The van der Waals surface area contributed by atoms with Crippen molar-refractivity contribution < 1.29 is 9.30 Å². The first-order chi connectivity index (χ1) is 9.66. The third-order valence-corrected chi connectivity index (χ3v) is 8.49. The Hall–Kier alpha value is -0.950. The molecule has 20 heavy (non-hydrogen) atoms. The zero-order chi connectivity index (χ0) is 14.2. The van der Waals surface area contributed by atoms with Gasteiger partial charge in [-0.2, -0.15) is 0 Å². The van der Waals surface area contributed by atoms with Crippen molar-refractivity contribution in [1.29, 1.82) is 0 Å². The van der Waals surface area contributed by atoms with Gasteiger partial charge in [0, 0.05) is 42.8 Å². The molecule has 2 aliphatic rings. The lowest BCUT2D eigenvalue weighted by Gasteiger charge is -2.34. The van der Waals surface area contributed by atoms with Crippen LogP contribution in [0, 0.1) is 0 Å². The maximum Gasteiger partial charge on any atom is 0.124 e. The van der Waals surface area contributed by atoms with E-state index in [4.69, 9.17) is 4.74 Å². The van der Waals surface area contributed by atoms with E-state index in [9.17, 15) is 4.57 Å². The Morgan fingerprint density at radius 3 is 2.55 bits per heavy atom. The summed E-state index contributed by atoms with van der Waals surface area (Å²) < 4.78 is 18.2. The molecule has 0 radical (unpaired) electrons. The SMILES string of the molecule is CCc1ccc(N2CCP(=O)(C3CC3)CC2)cc1OC. The Morgan fingerprint density at radius 1 is 1.30 bits per heavy atom. The van der Waals surface area contributed by atoms with Crippen molar-refractivity contribution in [1.82, 2.24) is 0 Å². The number of anilines is 1. The second-order valence-corrected chi connectivity index (χ2v) is 9.50. The molecule has 1 heterocycles. The molecule has 1 aliphatic heterocycles. The Balaban J connectivity index is 1.73. The molecule has 1 aliphatic carbocycles. The van der Waals surface area contributed by atoms with Gasteiger partial charge in [-0.3, -0.25) is 0 Å². The fourth-order valence-electron chi connectivity index (χ4n) is 3.19. The highest BCUT2D eigenvalue weighted by Gasteiger charge is 2.42. The second-order valence-electron chi connectivity index (χ2n) is 5.97. The summed E-state index contributed by atoms with van der Waals surface area (Å²) in [6.45, 7) is 4.01. The average Bonchev–Trinajstić information content (AvgIpc) is 3.32. The summed E-state index contributed by atoms with van der Waals surface area (Å²) in [4.78, 5) is 2.36. The number of hydrogen-bond donors (Lipinski definition) is 0. The minimum atomic E-state index is -1.84. The summed E-state index contributed by atoms with van der Waals surface area (Å²) in [6.07, 6.45) is 5.19. The maximum atomic E-state index is 12.7. The van der Waals surface area contributed by atoms with Crippen LogP contribution in [0.2, 0.25) is 0 Å². The van der Waals surface area contributed by atoms with Gasteiger partial charge in [-0.25, -0.2) is 0 Å². The summed E-state index contributed by atoms with van der Waals surface area (Å²) in [5, 5.41) is 0. The van der Waals surface area contributed by atoms with Gasteiger partial charge < -0.3 is 14.2 Å². The Labute approximate surface area is 121 Å². The summed E-state index contributed by atoms with van der Waals surface area (Å²) in [5.41, 5.74) is 3.03. The van der Waals surface area contributed by atoms with Gasteiger partial charge in [0.1, 0.15) is 5.75 Å². The van der Waals surface area contributed by atoms with Gasteiger partial charge in [-0.1, -0.05) is 13.0 Å². The van der Waals surface area contributed by atoms with Gasteiger partial charge in [-0.15, -0.1) is 0 Å². The van der Waals surface area contributed by atoms with Gasteiger partial charge >= 0.3 is 0 Å². The van der Waals surface area contributed by atoms with E-state index in [1.807, 2.05) is 0 Å². The second kappa shape index (κ2) is 5.44. The fourth-order valence-corrected chi connectivity index (χ4v) is 6.40. The van der Waals surface area contributed by atoms with E-state index >= 15 is 0 Å². The van der Waals surface area contributed by atoms with Crippen LogP contribution in [-0.4, -0.2) is 38.2 Å². The first kappa shape index (κ1) is 14.0. The van der Waals surface area contributed by atoms with E-state index in [1.54, 1.807) is 7.11 Å². The molecule has 0 unspecified atom stereocenters. The molecular weight excluding hydrogens is 269 g/mol. The van der Waals surface area contributed by atoms with Crippen molar-refractivity contribution in [2.45, 2.75) is 31.8 Å². The average molecular weight is 293 g/mol. The van der Waals surface area contributed by atoms with Gasteiger partial charge in [-0.05, 0) is 30.9 Å². The normalized spacial score (nSPS) is 21.8. The fraction of sp³-hybridized carbons (Fsp3) is 0.625. The lowest BCUT2D eigenvalue weighted by molar-refractivity contribution is 0.410. The van der Waals surface area contributed by atoms with Crippen molar-refractivity contribution >= 4 is 12.8 Å². The maximum absolute atomic E-state index is 12.7. The van der Waals surface area contributed by atoms with E-state index in [0.29, 0.717) is 5.66 Å². The third-order valence-electron chi connectivity index (χ3n) is 4.73. The molecule has 0 N–H and O–H groups in total. The van der Waals surface area contributed by atoms with Crippen LogP contribution in [0.25, 0.3) is 0 Å². The zero-order valence-electron chi connectivity index (χ0n) is 12.5. The Bertz CT molecular complexity index is 527. The smallest absolute Gasteiger partial charge is 0.124 e. The molecule has 2 fully saturated rings.